The van der Waals surface area contributed by atoms with Gasteiger partial charge in [0.15, 0.2) is 0 Å². The summed E-state index contributed by atoms with van der Waals surface area (Å²) in [5, 5.41) is 9.24. The Morgan fingerprint density at radius 2 is 1.92 bits per heavy atom. The summed E-state index contributed by atoms with van der Waals surface area (Å²) in [7, 11) is -1.29. The lowest BCUT2D eigenvalue weighted by Crippen LogP contribution is -2.05. The molecule has 1 aromatic rings. The highest BCUT2D eigenvalue weighted by atomic mass is 31.1. The molecule has 1 rings (SSSR count). The molecule has 0 bridgehead atoms. The van der Waals surface area contributed by atoms with Gasteiger partial charge in [0.25, 0.3) is 0 Å². The minimum Gasteiger partial charge on any atom is -0.481 e. The average Bonchev–Trinajstić information content (AvgIpc) is 2.15. The second-order valence-corrected chi connectivity index (χ2v) is 4.37. The van der Waals surface area contributed by atoms with Crippen LogP contribution in [0.25, 0.3) is 0 Å². The number of hydrogen-bond donors (Lipinski definition) is 2. The Bertz CT molecular complexity index is 273. The molecule has 0 fully saturated rings. The van der Waals surface area contributed by atoms with Gasteiger partial charge in [-0.05, 0) is 0 Å². The first-order chi connectivity index (χ1) is 6.20. The van der Waals surface area contributed by atoms with Gasteiger partial charge in [-0.1, -0.05) is 30.3 Å². The van der Waals surface area contributed by atoms with Gasteiger partial charge in [0.2, 0.25) is 0 Å². The Hall–Kier alpha value is -0.920. The summed E-state index contributed by atoms with van der Waals surface area (Å²) in [6, 6.07) is 9.16. The van der Waals surface area contributed by atoms with Crippen LogP contribution in [0, 0.1) is 0 Å². The first kappa shape index (κ1) is 10.2. The molecule has 0 spiro atoms. The van der Waals surface area contributed by atoms with Crippen molar-refractivity contribution in [1.82, 2.24) is 0 Å². The lowest BCUT2D eigenvalue weighted by molar-refractivity contribution is -0.136. The fourth-order valence-corrected chi connectivity index (χ4v) is 2.11. The Balaban J connectivity index is 2.49. The highest BCUT2D eigenvalue weighted by Crippen LogP contribution is 2.28. The van der Waals surface area contributed by atoms with Gasteiger partial charge in [0.05, 0.1) is 14.6 Å². The third kappa shape index (κ3) is 3.53. The van der Waals surface area contributed by atoms with Crippen molar-refractivity contribution in [3.63, 3.8) is 0 Å². The highest BCUT2D eigenvalue weighted by Gasteiger charge is 2.08. The van der Waals surface area contributed by atoms with E-state index < -0.39 is 14.1 Å². The van der Waals surface area contributed by atoms with Crippen LogP contribution in [0.15, 0.2) is 30.3 Å². The fraction of sp³-hybridized carbons (Fsp3) is 0.222. The van der Waals surface area contributed by atoms with Gasteiger partial charge in [-0.25, -0.2) is 0 Å². The molecule has 3 nitrogen and oxygen atoms in total. The number of carboxylic acids is 1. The van der Waals surface area contributed by atoms with E-state index in [0.29, 0.717) is 6.16 Å². The summed E-state index contributed by atoms with van der Waals surface area (Å²) in [6.45, 7) is 0. The maximum absolute atomic E-state index is 10.2. The van der Waals surface area contributed by atoms with Gasteiger partial charge < -0.3 is 10.00 Å². The molecule has 1 atom stereocenters. The number of rotatable bonds is 4. The number of aliphatic carboxylic acids is 1. The Morgan fingerprint density at radius 1 is 1.31 bits per heavy atom. The molecule has 0 aliphatic heterocycles. The second kappa shape index (κ2) is 4.95. The molecule has 0 aliphatic carbocycles. The third-order valence-corrected chi connectivity index (χ3v) is 3.13. The summed E-state index contributed by atoms with van der Waals surface area (Å²) in [4.78, 5) is 19.8. The maximum atomic E-state index is 10.2. The van der Waals surface area contributed by atoms with Crippen molar-refractivity contribution in [2.75, 3.05) is 6.16 Å². The van der Waals surface area contributed by atoms with Crippen LogP contribution >= 0.6 is 8.15 Å². The van der Waals surface area contributed by atoms with E-state index in [1.54, 1.807) is 0 Å². The molecule has 0 aliphatic rings. The molecule has 0 saturated carbocycles. The standard InChI is InChI=1S/C9H11O3P/c10-9(11)6-7-13(12)8-4-2-1-3-5-8/h1-5,12H,6-7H2,(H,10,11). The van der Waals surface area contributed by atoms with Gasteiger partial charge in [-0.2, -0.15) is 0 Å². The molecule has 4 heteroatoms. The van der Waals surface area contributed by atoms with Crippen molar-refractivity contribution in [1.29, 1.82) is 0 Å². The molecule has 0 radical (unpaired) electrons. The monoisotopic (exact) mass is 198 g/mol. The van der Waals surface area contributed by atoms with Gasteiger partial charge in [-0.15, -0.1) is 0 Å². The molecule has 13 heavy (non-hydrogen) atoms. The molecule has 0 heterocycles. The average molecular weight is 198 g/mol. The van der Waals surface area contributed by atoms with E-state index in [-0.39, 0.29) is 6.42 Å². The number of carboxylic acid groups (broad SMARTS) is 1. The predicted molar refractivity (Wildman–Crippen MR) is 52.3 cm³/mol. The van der Waals surface area contributed by atoms with Crippen LogP contribution in [-0.2, 0) is 4.79 Å². The van der Waals surface area contributed by atoms with E-state index >= 15 is 0 Å². The van der Waals surface area contributed by atoms with E-state index in [1.807, 2.05) is 30.3 Å². The molecular formula is C9H11O3P. The SMILES string of the molecule is O=C(O)CCP(O)c1ccccc1. The van der Waals surface area contributed by atoms with Gasteiger partial charge in [0.1, 0.15) is 0 Å². The molecular weight excluding hydrogens is 187 g/mol. The minimum atomic E-state index is -1.29. The summed E-state index contributed by atoms with van der Waals surface area (Å²) >= 11 is 0. The van der Waals surface area contributed by atoms with Crippen molar-refractivity contribution in [2.24, 2.45) is 0 Å². The van der Waals surface area contributed by atoms with Crippen molar-refractivity contribution in [3.8, 4) is 0 Å². The van der Waals surface area contributed by atoms with E-state index in [4.69, 9.17) is 5.11 Å². The third-order valence-electron chi connectivity index (χ3n) is 1.59. The quantitative estimate of drug-likeness (QED) is 0.714. The van der Waals surface area contributed by atoms with Crippen LogP contribution in [0.2, 0.25) is 0 Å². The normalized spacial score (nSPS) is 12.4. The van der Waals surface area contributed by atoms with Crippen molar-refractivity contribution >= 4 is 19.4 Å². The van der Waals surface area contributed by atoms with E-state index in [0.717, 1.165) is 5.30 Å². The summed E-state index contributed by atoms with van der Waals surface area (Å²) in [5.41, 5.74) is 0. The van der Waals surface area contributed by atoms with Gasteiger partial charge in [-0.3, -0.25) is 4.79 Å². The maximum Gasteiger partial charge on any atom is 0.303 e. The molecule has 0 aromatic heterocycles. The Labute approximate surface area is 77.9 Å². The lowest BCUT2D eigenvalue weighted by atomic mass is 10.4. The van der Waals surface area contributed by atoms with Crippen LogP contribution in [0.5, 0.6) is 0 Å². The number of benzene rings is 1. The smallest absolute Gasteiger partial charge is 0.303 e. The topological polar surface area (TPSA) is 57.5 Å². The van der Waals surface area contributed by atoms with E-state index in [1.165, 1.54) is 0 Å². The van der Waals surface area contributed by atoms with Crippen LogP contribution < -0.4 is 5.30 Å². The zero-order valence-corrected chi connectivity index (χ0v) is 7.95. The van der Waals surface area contributed by atoms with E-state index in [9.17, 15) is 9.69 Å². The predicted octanol–water partition coefficient (Wildman–Crippen LogP) is 1.18. The van der Waals surface area contributed by atoms with Gasteiger partial charge in [0, 0.05) is 11.5 Å². The largest absolute Gasteiger partial charge is 0.481 e. The van der Waals surface area contributed by atoms with Crippen LogP contribution in [0.3, 0.4) is 0 Å². The second-order valence-electron chi connectivity index (χ2n) is 2.60. The Morgan fingerprint density at radius 3 is 2.46 bits per heavy atom. The summed E-state index contributed by atoms with van der Waals surface area (Å²) < 4.78 is 0. The highest BCUT2D eigenvalue weighted by molar-refractivity contribution is 7.59. The van der Waals surface area contributed by atoms with Crippen molar-refractivity contribution in [3.05, 3.63) is 30.3 Å². The molecule has 1 unspecified atom stereocenters. The van der Waals surface area contributed by atoms with Crippen LogP contribution in [-0.4, -0.2) is 22.1 Å². The van der Waals surface area contributed by atoms with Crippen LogP contribution in [0.4, 0.5) is 0 Å². The molecule has 1 aromatic carbocycles. The molecule has 70 valence electrons. The molecule has 2 N–H and O–H groups in total. The number of carbonyl (C=O) groups is 1. The van der Waals surface area contributed by atoms with Crippen molar-refractivity contribution in [2.45, 2.75) is 6.42 Å². The first-order valence-corrected chi connectivity index (χ1v) is 5.41. The summed E-state index contributed by atoms with van der Waals surface area (Å²) in [6.07, 6.45) is 0.353. The van der Waals surface area contributed by atoms with Crippen LogP contribution in [0.1, 0.15) is 6.42 Å². The summed E-state index contributed by atoms with van der Waals surface area (Å²) in [5.74, 6) is -0.863. The van der Waals surface area contributed by atoms with Crippen molar-refractivity contribution < 1.29 is 14.8 Å². The lowest BCUT2D eigenvalue weighted by Gasteiger charge is -2.07. The zero-order chi connectivity index (χ0) is 9.68. The molecule has 0 amide bonds. The Kier molecular flexibility index (Phi) is 3.87. The fourth-order valence-electron chi connectivity index (χ4n) is 0.931. The minimum absolute atomic E-state index is 0.0249. The number of hydrogen-bond acceptors (Lipinski definition) is 2. The van der Waals surface area contributed by atoms with Gasteiger partial charge >= 0.3 is 5.97 Å². The zero-order valence-electron chi connectivity index (χ0n) is 7.05. The molecule has 0 saturated heterocycles. The first-order valence-electron chi connectivity index (χ1n) is 3.93. The van der Waals surface area contributed by atoms with E-state index in [2.05, 4.69) is 0 Å².